The maximum Gasteiger partial charge on any atom is 0.252 e. The van der Waals surface area contributed by atoms with Crippen LogP contribution in [0, 0.1) is 11.3 Å². The van der Waals surface area contributed by atoms with E-state index in [-0.39, 0.29) is 46.9 Å². The van der Waals surface area contributed by atoms with Crippen molar-refractivity contribution in [2.75, 3.05) is 7.11 Å². The molecule has 6 atom stereocenters. The van der Waals surface area contributed by atoms with Crippen LogP contribution in [-0.4, -0.2) is 82.8 Å². The number of fused-ring (bicyclic) bond motifs is 2. The Bertz CT molecular complexity index is 1180. The van der Waals surface area contributed by atoms with Gasteiger partial charge in [0.15, 0.2) is 0 Å². The molecule has 1 aromatic carbocycles. The molecule has 0 aromatic heterocycles. The zero-order chi connectivity index (χ0) is 27.7. The zero-order valence-corrected chi connectivity index (χ0v) is 24.4. The molecule has 5 aliphatic rings. The summed E-state index contributed by atoms with van der Waals surface area (Å²) in [6.07, 6.45) is 5.74. The van der Waals surface area contributed by atoms with Gasteiger partial charge >= 0.3 is 0 Å². The van der Waals surface area contributed by atoms with Gasteiger partial charge in [0.2, 0.25) is 10.0 Å². The van der Waals surface area contributed by atoms with E-state index < -0.39 is 33.7 Å². The third-order valence-corrected chi connectivity index (χ3v) is 12.8. The lowest BCUT2D eigenvalue weighted by atomic mass is 9.79. The van der Waals surface area contributed by atoms with Crippen LogP contribution in [0.4, 0.5) is 0 Å². The lowest BCUT2D eigenvalue weighted by Crippen LogP contribution is -2.62. The number of halogens is 1. The summed E-state index contributed by atoms with van der Waals surface area (Å²) in [5.74, 6) is -0.102. The van der Waals surface area contributed by atoms with Gasteiger partial charge in [-0.2, -0.15) is 4.31 Å². The van der Waals surface area contributed by atoms with E-state index in [0.29, 0.717) is 24.3 Å². The lowest BCUT2D eigenvalue weighted by Gasteiger charge is -2.49. The molecular formula is C29H41ClN2O6S. The minimum Gasteiger partial charge on any atom is -0.393 e. The number of aliphatic hydroxyl groups excluding tert-OH is 2. The largest absolute Gasteiger partial charge is 0.393 e. The number of hydrogen-bond donors (Lipinski definition) is 2. The Kier molecular flexibility index (Phi) is 7.12. The van der Waals surface area contributed by atoms with Crippen molar-refractivity contribution in [1.29, 1.82) is 0 Å². The van der Waals surface area contributed by atoms with Crippen LogP contribution < -0.4 is 0 Å². The molecule has 1 aromatic rings. The number of hydrogen-bond acceptors (Lipinski definition) is 6. The minimum atomic E-state index is -3.95. The Morgan fingerprint density at radius 1 is 1.10 bits per heavy atom. The molecule has 2 bridgehead atoms. The molecule has 2 saturated carbocycles. The monoisotopic (exact) mass is 580 g/mol. The highest BCUT2D eigenvalue weighted by molar-refractivity contribution is 7.89. The number of piperidine rings is 2. The van der Waals surface area contributed by atoms with Crippen LogP contribution in [0.25, 0.3) is 0 Å². The van der Waals surface area contributed by atoms with E-state index in [0.717, 1.165) is 44.9 Å². The standard InChI is InChI=1S/C29H41ClN2O6S/c1-3-28(38-2)16-20-8-9-21(17-28)31(20)27(35)26(34)29(12-13-29)25-15-22(33)14-24(18-4-5-18)32(25)39(36,37)23-10-6-19(30)7-11-23/h6-7,10-11,18,20-22,24-26,33-34H,3-5,8-9,12-17H2,1-2H3/t20?,21?,22-,24-,25+,26?,28?/m0/s1. The molecule has 6 rings (SSSR count). The molecule has 39 heavy (non-hydrogen) atoms. The van der Waals surface area contributed by atoms with Gasteiger partial charge in [-0.05, 0) is 101 Å². The van der Waals surface area contributed by atoms with E-state index in [1.54, 1.807) is 23.5 Å². The van der Waals surface area contributed by atoms with E-state index in [4.69, 9.17) is 16.3 Å². The van der Waals surface area contributed by atoms with Crippen LogP contribution in [0.1, 0.15) is 77.6 Å². The van der Waals surface area contributed by atoms with Crippen LogP contribution >= 0.6 is 11.6 Å². The third-order valence-electron chi connectivity index (χ3n) is 10.6. The van der Waals surface area contributed by atoms with Crippen molar-refractivity contribution in [3.8, 4) is 0 Å². The summed E-state index contributed by atoms with van der Waals surface area (Å²) in [6.45, 7) is 2.12. The van der Waals surface area contributed by atoms with Crippen molar-refractivity contribution in [2.45, 2.75) is 124 Å². The highest BCUT2D eigenvalue weighted by atomic mass is 35.5. The van der Waals surface area contributed by atoms with Crippen LogP contribution in [-0.2, 0) is 19.6 Å². The van der Waals surface area contributed by atoms with E-state index in [1.165, 1.54) is 12.1 Å². The quantitative estimate of drug-likeness (QED) is 0.485. The molecular weight excluding hydrogens is 540 g/mol. The summed E-state index contributed by atoms with van der Waals surface area (Å²) in [4.78, 5) is 16.1. The van der Waals surface area contributed by atoms with E-state index in [1.807, 2.05) is 4.90 Å². The molecule has 216 valence electrons. The number of ether oxygens (including phenoxy) is 1. The first-order valence-electron chi connectivity index (χ1n) is 14.6. The molecule has 3 unspecified atom stereocenters. The number of benzene rings is 1. The molecule has 10 heteroatoms. The average Bonchev–Trinajstić information content (AvgIpc) is 3.85. The summed E-state index contributed by atoms with van der Waals surface area (Å²) >= 11 is 6.06. The highest BCUT2D eigenvalue weighted by Gasteiger charge is 2.65. The molecule has 3 heterocycles. The Morgan fingerprint density at radius 2 is 1.72 bits per heavy atom. The van der Waals surface area contributed by atoms with Gasteiger partial charge in [0.25, 0.3) is 5.91 Å². The number of amides is 1. The van der Waals surface area contributed by atoms with Gasteiger partial charge in [-0.15, -0.1) is 0 Å². The number of nitrogens with zero attached hydrogens (tertiary/aromatic N) is 2. The first kappa shape index (κ1) is 27.9. The number of aliphatic hydroxyl groups is 2. The van der Waals surface area contributed by atoms with Crippen LogP contribution in [0.3, 0.4) is 0 Å². The molecule has 3 saturated heterocycles. The van der Waals surface area contributed by atoms with E-state index in [9.17, 15) is 23.4 Å². The topological polar surface area (TPSA) is 107 Å². The smallest absolute Gasteiger partial charge is 0.252 e. The molecule has 0 radical (unpaired) electrons. The second-order valence-corrected chi connectivity index (χ2v) is 15.0. The fourth-order valence-electron chi connectivity index (χ4n) is 8.10. The van der Waals surface area contributed by atoms with Gasteiger partial charge in [-0.1, -0.05) is 18.5 Å². The SMILES string of the molecule is CCC1(OC)CC2CCC(C1)N2C(=O)C(O)C1([C@H]2C[C@@H](O)C[C@@H](C3CC3)N2S(=O)(=O)c2ccc(Cl)cc2)CC1. The highest BCUT2D eigenvalue weighted by Crippen LogP contribution is 2.59. The van der Waals surface area contributed by atoms with E-state index in [2.05, 4.69) is 6.92 Å². The van der Waals surface area contributed by atoms with E-state index >= 15 is 0 Å². The van der Waals surface area contributed by atoms with Crippen molar-refractivity contribution in [1.82, 2.24) is 9.21 Å². The molecule has 8 nitrogen and oxygen atoms in total. The van der Waals surface area contributed by atoms with Gasteiger partial charge in [-0.25, -0.2) is 8.42 Å². The predicted molar refractivity (Wildman–Crippen MR) is 147 cm³/mol. The number of sulfonamides is 1. The van der Waals surface area contributed by atoms with Gasteiger partial charge in [0.1, 0.15) is 6.10 Å². The predicted octanol–water partition coefficient (Wildman–Crippen LogP) is 3.72. The normalized spacial score (nSPS) is 37.1. The summed E-state index contributed by atoms with van der Waals surface area (Å²) in [5, 5.41) is 23.2. The van der Waals surface area contributed by atoms with Gasteiger partial charge in [-0.3, -0.25) is 4.79 Å². The molecule has 2 N–H and O–H groups in total. The van der Waals surface area contributed by atoms with Crippen molar-refractivity contribution in [3.63, 3.8) is 0 Å². The van der Waals surface area contributed by atoms with Crippen LogP contribution in [0.2, 0.25) is 5.02 Å². The average molecular weight is 581 g/mol. The fourth-order valence-corrected chi connectivity index (χ4v) is 10.2. The van der Waals surface area contributed by atoms with Crippen molar-refractivity contribution < 1.29 is 28.2 Å². The third kappa shape index (κ3) is 4.65. The number of methoxy groups -OCH3 is 1. The second-order valence-electron chi connectivity index (χ2n) is 12.7. The van der Waals surface area contributed by atoms with Crippen LogP contribution in [0.5, 0.6) is 0 Å². The van der Waals surface area contributed by atoms with Gasteiger partial charge in [0, 0.05) is 41.7 Å². The minimum absolute atomic E-state index is 0.0201. The zero-order valence-electron chi connectivity index (χ0n) is 22.8. The van der Waals surface area contributed by atoms with Gasteiger partial charge in [0.05, 0.1) is 16.6 Å². The first-order valence-corrected chi connectivity index (χ1v) is 16.4. The molecule has 3 aliphatic heterocycles. The van der Waals surface area contributed by atoms with Gasteiger partial charge < -0.3 is 19.8 Å². The summed E-state index contributed by atoms with van der Waals surface area (Å²) in [5.41, 5.74) is -1.13. The lowest BCUT2D eigenvalue weighted by molar-refractivity contribution is -0.159. The number of carbonyl (C=O) groups is 1. The summed E-state index contributed by atoms with van der Waals surface area (Å²) in [6, 6.07) is 5.22. The molecule has 0 spiro atoms. The molecule has 2 aliphatic carbocycles. The Morgan fingerprint density at radius 3 is 2.23 bits per heavy atom. The number of rotatable bonds is 8. The second kappa shape index (κ2) is 9.95. The molecule has 5 fully saturated rings. The summed E-state index contributed by atoms with van der Waals surface area (Å²) in [7, 11) is -2.21. The van der Waals surface area contributed by atoms with Crippen LogP contribution in [0.15, 0.2) is 29.2 Å². The summed E-state index contributed by atoms with van der Waals surface area (Å²) < 4.78 is 35.9. The van der Waals surface area contributed by atoms with Crippen molar-refractivity contribution >= 4 is 27.5 Å². The van der Waals surface area contributed by atoms with Crippen molar-refractivity contribution in [2.24, 2.45) is 11.3 Å². The number of carbonyl (C=O) groups excluding carboxylic acids is 1. The maximum atomic E-state index is 14.2. The maximum absolute atomic E-state index is 14.2. The first-order chi connectivity index (χ1) is 18.5. The molecule has 1 amide bonds. The van der Waals surface area contributed by atoms with Crippen molar-refractivity contribution in [3.05, 3.63) is 29.3 Å². The Hall–Kier alpha value is -1.23. The Balaban J connectivity index is 1.32. The fraction of sp³-hybridized carbons (Fsp3) is 0.759. The Labute approximate surface area is 236 Å².